The van der Waals surface area contributed by atoms with E-state index in [4.69, 9.17) is 0 Å². The molecule has 6 nitrogen and oxygen atoms in total. The number of thioether (sulfide) groups is 1. The first-order chi connectivity index (χ1) is 17.5. The Labute approximate surface area is 222 Å². The molecule has 37 heavy (non-hydrogen) atoms. The molecule has 1 aromatic heterocycles. The molecule has 4 aliphatic carbocycles. The average molecular weight is 521 g/mol. The summed E-state index contributed by atoms with van der Waals surface area (Å²) in [6.07, 6.45) is 8.02. The Hall–Kier alpha value is -2.22. The summed E-state index contributed by atoms with van der Waals surface area (Å²) in [4.78, 5) is 33.7. The minimum Gasteiger partial charge on any atom is -0.393 e. The number of hydrogen-bond donors (Lipinski definition) is 3. The normalized spacial score (nSPS) is 38.8. The van der Waals surface area contributed by atoms with Crippen molar-refractivity contribution in [1.29, 1.82) is 0 Å². The summed E-state index contributed by atoms with van der Waals surface area (Å²) in [7, 11) is 0. The largest absolute Gasteiger partial charge is 0.393 e. The van der Waals surface area contributed by atoms with E-state index in [2.05, 4.69) is 36.8 Å². The predicted octanol–water partition coefficient (Wildman–Crippen LogP) is 4.85. The molecular formula is C30H36N2O4S. The lowest BCUT2D eigenvalue weighted by Crippen LogP contribution is -2.61. The number of benzene rings is 1. The molecule has 6 rings (SSSR count). The van der Waals surface area contributed by atoms with Gasteiger partial charge in [-0.05, 0) is 93.2 Å². The van der Waals surface area contributed by atoms with Crippen LogP contribution in [0.4, 0.5) is 0 Å². The Morgan fingerprint density at radius 1 is 1.22 bits per heavy atom. The van der Waals surface area contributed by atoms with Crippen molar-refractivity contribution in [2.45, 2.75) is 76.7 Å². The maximum absolute atomic E-state index is 13.7. The fourth-order valence-electron chi connectivity index (χ4n) is 8.36. The lowest BCUT2D eigenvalue weighted by atomic mass is 9.46. The Balaban J connectivity index is 1.23. The quantitative estimate of drug-likeness (QED) is 0.498. The number of aromatic amines is 1. The van der Waals surface area contributed by atoms with E-state index in [0.29, 0.717) is 18.0 Å². The number of aryl methyl sites for hydroxylation is 2. The Kier molecular flexibility index (Phi) is 5.69. The molecule has 0 spiro atoms. The summed E-state index contributed by atoms with van der Waals surface area (Å²) < 4.78 is 0. The maximum Gasteiger partial charge on any atom is 0.178 e. The molecule has 0 aliphatic heterocycles. The second kappa shape index (κ2) is 8.39. The molecular weight excluding hydrogens is 484 g/mol. The highest BCUT2D eigenvalue weighted by Gasteiger charge is 2.67. The molecule has 7 heteroatoms. The Bertz CT molecular complexity index is 1340. The number of rotatable bonds is 4. The van der Waals surface area contributed by atoms with Crippen LogP contribution in [0.3, 0.4) is 0 Å². The number of Topliss-reactive ketones (excluding diaryl/α,β-unsaturated/α-hetero) is 1. The van der Waals surface area contributed by atoms with E-state index in [0.717, 1.165) is 35.9 Å². The highest BCUT2D eigenvalue weighted by Crippen LogP contribution is 2.67. The molecule has 3 saturated carbocycles. The predicted molar refractivity (Wildman–Crippen MR) is 144 cm³/mol. The van der Waals surface area contributed by atoms with Gasteiger partial charge in [0.2, 0.25) is 0 Å². The van der Waals surface area contributed by atoms with Crippen LogP contribution in [0, 0.1) is 42.4 Å². The summed E-state index contributed by atoms with van der Waals surface area (Å²) in [6.45, 7) is 8.29. The van der Waals surface area contributed by atoms with Gasteiger partial charge in [-0.3, -0.25) is 9.59 Å². The number of hydrogen-bond acceptors (Lipinski definition) is 6. The van der Waals surface area contributed by atoms with Crippen molar-refractivity contribution in [2.75, 3.05) is 5.75 Å². The van der Waals surface area contributed by atoms with Crippen molar-refractivity contribution in [3.05, 3.63) is 47.1 Å². The zero-order valence-electron chi connectivity index (χ0n) is 22.0. The molecule has 4 aliphatic rings. The van der Waals surface area contributed by atoms with Crippen LogP contribution >= 0.6 is 11.8 Å². The topological polar surface area (TPSA) is 103 Å². The fraction of sp³-hybridized carbons (Fsp3) is 0.567. The summed E-state index contributed by atoms with van der Waals surface area (Å²) in [6, 6.07) is 4.12. The third kappa shape index (κ3) is 3.57. The molecule has 1 heterocycles. The molecule has 7 atom stereocenters. The van der Waals surface area contributed by atoms with E-state index in [-0.39, 0.29) is 40.5 Å². The third-order valence-electron chi connectivity index (χ3n) is 10.5. The monoisotopic (exact) mass is 520 g/mol. The highest BCUT2D eigenvalue weighted by molar-refractivity contribution is 7.99. The standard InChI is InChI=1S/C30H36N2O4S/c1-16-11-22-23(12-17(16)2)32-27(31-22)37-15-25(35)30(36)10-8-21-20-6-5-18-13-19(33)7-9-28(18,3)26(20)24(34)14-29(21,30)4/h7,9,11-13,20-21,24,26,34,36H,5-6,8,10,14-15H2,1-4H3,(H,31,32)/t20?,21?,24-,26?,28?,29?,30-/m0/s1. The number of carbonyl (C=O) groups is 2. The molecule has 0 amide bonds. The van der Waals surface area contributed by atoms with Gasteiger partial charge in [0.1, 0.15) is 5.60 Å². The fourth-order valence-corrected chi connectivity index (χ4v) is 9.21. The lowest BCUT2D eigenvalue weighted by Gasteiger charge is -2.59. The molecule has 5 unspecified atom stereocenters. The third-order valence-corrected chi connectivity index (χ3v) is 11.4. The van der Waals surface area contributed by atoms with Crippen molar-refractivity contribution in [2.24, 2.45) is 28.6 Å². The molecule has 0 bridgehead atoms. The molecule has 3 N–H and O–H groups in total. The van der Waals surface area contributed by atoms with E-state index >= 15 is 0 Å². The van der Waals surface area contributed by atoms with Gasteiger partial charge in [-0.2, -0.15) is 0 Å². The highest BCUT2D eigenvalue weighted by atomic mass is 32.2. The number of aliphatic hydroxyl groups is 2. The minimum atomic E-state index is -1.47. The van der Waals surface area contributed by atoms with Crippen molar-refractivity contribution in [1.82, 2.24) is 9.97 Å². The first kappa shape index (κ1) is 25.1. The van der Waals surface area contributed by atoms with Gasteiger partial charge in [0, 0.05) is 16.7 Å². The van der Waals surface area contributed by atoms with Crippen LogP contribution in [0.1, 0.15) is 57.1 Å². The molecule has 196 valence electrons. The molecule has 0 radical (unpaired) electrons. The zero-order chi connectivity index (χ0) is 26.3. The van der Waals surface area contributed by atoms with Gasteiger partial charge in [-0.1, -0.05) is 37.3 Å². The zero-order valence-corrected chi connectivity index (χ0v) is 22.8. The maximum atomic E-state index is 13.7. The SMILES string of the molecule is Cc1cc2nc(SCC(=O)[C@@]3(O)CCC4C5CCC6=CC(=O)C=CC6(C)C5[C@@H](O)CC43C)[nH]c2cc1C. The van der Waals surface area contributed by atoms with Gasteiger partial charge >= 0.3 is 0 Å². The first-order valence-corrected chi connectivity index (χ1v) is 14.4. The van der Waals surface area contributed by atoms with Crippen LogP contribution in [-0.4, -0.2) is 49.2 Å². The summed E-state index contributed by atoms with van der Waals surface area (Å²) >= 11 is 1.34. The lowest BCUT2D eigenvalue weighted by molar-refractivity contribution is -0.174. The molecule has 2 aromatic rings. The van der Waals surface area contributed by atoms with Gasteiger partial charge in [-0.15, -0.1) is 0 Å². The number of nitrogens with one attached hydrogen (secondary N) is 1. The van der Waals surface area contributed by atoms with Gasteiger partial charge in [0.15, 0.2) is 16.7 Å². The van der Waals surface area contributed by atoms with Gasteiger partial charge in [0.05, 0.1) is 22.9 Å². The molecule has 3 fully saturated rings. The average Bonchev–Trinajstić information content (AvgIpc) is 3.35. The van der Waals surface area contributed by atoms with Crippen LogP contribution in [0.5, 0.6) is 0 Å². The summed E-state index contributed by atoms with van der Waals surface area (Å²) in [5.41, 5.74) is 2.80. The van der Waals surface area contributed by atoms with Gasteiger partial charge < -0.3 is 15.2 Å². The number of carbonyl (C=O) groups excluding carboxylic acids is 2. The van der Waals surface area contributed by atoms with E-state index < -0.39 is 17.1 Å². The van der Waals surface area contributed by atoms with Crippen molar-refractivity contribution < 1.29 is 19.8 Å². The number of nitrogens with zero attached hydrogens (tertiary/aromatic N) is 1. The van der Waals surface area contributed by atoms with Crippen LogP contribution in [0.2, 0.25) is 0 Å². The number of fused-ring (bicyclic) bond motifs is 6. The number of H-pyrrole nitrogens is 1. The first-order valence-electron chi connectivity index (χ1n) is 13.4. The molecule has 1 aromatic carbocycles. The van der Waals surface area contributed by atoms with Gasteiger partial charge in [0.25, 0.3) is 0 Å². The van der Waals surface area contributed by atoms with E-state index in [9.17, 15) is 19.8 Å². The van der Waals surface area contributed by atoms with Crippen molar-refractivity contribution in [3.63, 3.8) is 0 Å². The number of aromatic nitrogens is 2. The van der Waals surface area contributed by atoms with Crippen LogP contribution < -0.4 is 0 Å². The van der Waals surface area contributed by atoms with Crippen LogP contribution in [-0.2, 0) is 9.59 Å². The summed E-state index contributed by atoms with van der Waals surface area (Å²) in [5, 5.41) is 24.2. The van der Waals surface area contributed by atoms with E-state index in [1.165, 1.54) is 22.9 Å². The second-order valence-corrected chi connectivity index (χ2v) is 13.3. The van der Waals surface area contributed by atoms with Gasteiger partial charge in [-0.25, -0.2) is 4.98 Å². The number of imidazole rings is 1. The number of allylic oxidation sites excluding steroid dienone is 4. The van der Waals surface area contributed by atoms with E-state index in [1.807, 2.05) is 19.1 Å². The van der Waals surface area contributed by atoms with E-state index in [1.54, 1.807) is 12.2 Å². The minimum absolute atomic E-state index is 0.00999. The number of aliphatic hydroxyl groups excluding tert-OH is 1. The van der Waals surface area contributed by atoms with Crippen molar-refractivity contribution in [3.8, 4) is 0 Å². The Morgan fingerprint density at radius 2 is 1.97 bits per heavy atom. The smallest absolute Gasteiger partial charge is 0.178 e. The summed E-state index contributed by atoms with van der Waals surface area (Å²) in [5.74, 6) is 0.326. The number of ketones is 2. The second-order valence-electron chi connectivity index (χ2n) is 12.3. The van der Waals surface area contributed by atoms with Crippen LogP contribution in [0.15, 0.2) is 41.1 Å². The molecule has 0 saturated heterocycles. The van der Waals surface area contributed by atoms with Crippen molar-refractivity contribution >= 4 is 34.4 Å². The van der Waals surface area contributed by atoms with Crippen LogP contribution in [0.25, 0.3) is 11.0 Å². The Morgan fingerprint density at radius 3 is 2.76 bits per heavy atom.